The van der Waals surface area contributed by atoms with Crippen molar-refractivity contribution in [1.29, 1.82) is 0 Å². The van der Waals surface area contributed by atoms with E-state index in [0.717, 1.165) is 5.75 Å². The number of likely N-dealkylation sites (N-methyl/N-ethyl adjacent to an activating group) is 1. The van der Waals surface area contributed by atoms with Gasteiger partial charge in [0.05, 0.1) is 13.1 Å². The van der Waals surface area contributed by atoms with E-state index in [9.17, 15) is 9.59 Å². The van der Waals surface area contributed by atoms with Gasteiger partial charge in [0.25, 0.3) is 0 Å². The molecule has 0 unspecified atom stereocenters. The number of hydrogen-bond donors (Lipinski definition) is 2. The van der Waals surface area contributed by atoms with Crippen molar-refractivity contribution in [3.05, 3.63) is 29.3 Å². The summed E-state index contributed by atoms with van der Waals surface area (Å²) in [5.74, 6) is 1.19. The van der Waals surface area contributed by atoms with Gasteiger partial charge >= 0.3 is 6.03 Å². The smallest absolute Gasteiger partial charge is 0.324 e. The molecule has 26 heavy (non-hydrogen) atoms. The number of amides is 3. The number of guanidine groups is 1. The second-order valence-corrected chi connectivity index (χ2v) is 5.84. The average molecular weight is 496 g/mol. The number of urea groups is 1. The summed E-state index contributed by atoms with van der Waals surface area (Å²) in [5, 5.41) is 6.27. The van der Waals surface area contributed by atoms with Gasteiger partial charge in [-0.15, -0.1) is 24.0 Å². The standard InChI is InChI=1S/C16H22ClN5O3.HI/c1-18-15(19-7-8-22-14(23)11-20-16(22)24)21(2)9-10-25-13-5-3-12(17)4-6-13;/h3-6H,7-11H2,1-2H3,(H,18,19)(H,20,24);1H. The van der Waals surface area contributed by atoms with E-state index in [2.05, 4.69) is 15.6 Å². The van der Waals surface area contributed by atoms with E-state index in [1.165, 1.54) is 4.90 Å². The largest absolute Gasteiger partial charge is 0.492 e. The highest BCUT2D eigenvalue weighted by molar-refractivity contribution is 14.0. The molecule has 0 atom stereocenters. The Kier molecular flexibility index (Phi) is 9.49. The first-order chi connectivity index (χ1) is 12.0. The van der Waals surface area contributed by atoms with E-state index in [1.807, 2.05) is 24.1 Å². The summed E-state index contributed by atoms with van der Waals surface area (Å²) < 4.78 is 5.65. The fourth-order valence-electron chi connectivity index (χ4n) is 2.28. The molecule has 0 aliphatic carbocycles. The van der Waals surface area contributed by atoms with Gasteiger partial charge in [0.15, 0.2) is 5.96 Å². The molecule has 1 aliphatic rings. The van der Waals surface area contributed by atoms with Crippen LogP contribution in [0.15, 0.2) is 29.3 Å². The molecule has 1 saturated heterocycles. The zero-order valence-electron chi connectivity index (χ0n) is 14.7. The Morgan fingerprint density at radius 1 is 1.38 bits per heavy atom. The maximum atomic E-state index is 11.5. The normalized spacial score (nSPS) is 14.0. The Morgan fingerprint density at radius 2 is 2.08 bits per heavy atom. The summed E-state index contributed by atoms with van der Waals surface area (Å²) in [6, 6.07) is 6.82. The second-order valence-electron chi connectivity index (χ2n) is 5.40. The summed E-state index contributed by atoms with van der Waals surface area (Å²) in [4.78, 5) is 30.2. The van der Waals surface area contributed by atoms with Crippen LogP contribution in [0.5, 0.6) is 5.75 Å². The molecule has 144 valence electrons. The zero-order valence-corrected chi connectivity index (χ0v) is 17.8. The van der Waals surface area contributed by atoms with E-state index >= 15 is 0 Å². The van der Waals surface area contributed by atoms with Crippen LogP contribution in [-0.4, -0.2) is 74.6 Å². The van der Waals surface area contributed by atoms with Crippen LogP contribution in [0.1, 0.15) is 0 Å². The van der Waals surface area contributed by atoms with Crippen LogP contribution in [0.4, 0.5) is 4.79 Å². The summed E-state index contributed by atoms with van der Waals surface area (Å²) in [6.45, 7) is 1.87. The van der Waals surface area contributed by atoms with Gasteiger partial charge < -0.3 is 20.3 Å². The van der Waals surface area contributed by atoms with E-state index < -0.39 is 0 Å². The molecule has 3 amide bonds. The number of halogens is 2. The molecule has 8 nitrogen and oxygen atoms in total. The van der Waals surface area contributed by atoms with Crippen molar-refractivity contribution in [3.8, 4) is 5.75 Å². The Bertz CT molecular complexity index is 625. The number of nitrogens with zero attached hydrogens (tertiary/aromatic N) is 3. The van der Waals surface area contributed by atoms with Crippen LogP contribution >= 0.6 is 35.6 Å². The molecule has 0 bridgehead atoms. The molecule has 0 spiro atoms. The first-order valence-electron chi connectivity index (χ1n) is 7.89. The van der Waals surface area contributed by atoms with Crippen molar-refractivity contribution in [2.45, 2.75) is 0 Å². The topological polar surface area (TPSA) is 86.3 Å². The lowest BCUT2D eigenvalue weighted by molar-refractivity contribution is -0.124. The number of carbonyl (C=O) groups is 2. The molecular weight excluding hydrogens is 473 g/mol. The van der Waals surface area contributed by atoms with Crippen molar-refractivity contribution in [1.82, 2.24) is 20.4 Å². The second kappa shape index (κ2) is 11.1. The van der Waals surface area contributed by atoms with E-state index in [0.29, 0.717) is 37.2 Å². The highest BCUT2D eigenvalue weighted by atomic mass is 127. The number of hydrogen-bond acceptors (Lipinski definition) is 4. The van der Waals surface area contributed by atoms with E-state index in [-0.39, 0.29) is 42.5 Å². The Labute approximate surface area is 174 Å². The highest BCUT2D eigenvalue weighted by Gasteiger charge is 2.27. The lowest BCUT2D eigenvalue weighted by Crippen LogP contribution is -2.44. The molecule has 1 aliphatic heterocycles. The first-order valence-corrected chi connectivity index (χ1v) is 8.27. The highest BCUT2D eigenvalue weighted by Crippen LogP contribution is 2.15. The number of benzene rings is 1. The molecular formula is C16H23ClIN5O3. The maximum Gasteiger partial charge on any atom is 0.324 e. The summed E-state index contributed by atoms with van der Waals surface area (Å²) in [6.07, 6.45) is 0. The van der Waals surface area contributed by atoms with E-state index in [1.54, 1.807) is 19.2 Å². The van der Waals surface area contributed by atoms with Gasteiger partial charge in [-0.2, -0.15) is 0 Å². The Balaban J connectivity index is 0.00000338. The van der Waals surface area contributed by atoms with Crippen molar-refractivity contribution >= 4 is 53.5 Å². The molecule has 10 heteroatoms. The van der Waals surface area contributed by atoms with Gasteiger partial charge in [0, 0.05) is 32.2 Å². The fourth-order valence-corrected chi connectivity index (χ4v) is 2.41. The third-order valence-corrected chi connectivity index (χ3v) is 3.89. The van der Waals surface area contributed by atoms with Crippen LogP contribution in [-0.2, 0) is 4.79 Å². The summed E-state index contributed by atoms with van der Waals surface area (Å²) in [5.41, 5.74) is 0. The van der Waals surface area contributed by atoms with Gasteiger partial charge in [0.1, 0.15) is 12.4 Å². The minimum Gasteiger partial charge on any atom is -0.492 e. The minimum absolute atomic E-state index is 0. The lowest BCUT2D eigenvalue weighted by atomic mass is 10.3. The van der Waals surface area contributed by atoms with Gasteiger partial charge in [-0.3, -0.25) is 14.7 Å². The molecule has 2 N–H and O–H groups in total. The predicted octanol–water partition coefficient (Wildman–Crippen LogP) is 1.40. The summed E-state index contributed by atoms with van der Waals surface area (Å²) >= 11 is 5.83. The van der Waals surface area contributed by atoms with Crippen molar-refractivity contribution in [2.75, 3.05) is 46.9 Å². The molecule has 0 saturated carbocycles. The van der Waals surface area contributed by atoms with Crippen molar-refractivity contribution < 1.29 is 14.3 Å². The number of aliphatic imine (C=N–C) groups is 1. The molecule has 1 aromatic carbocycles. The predicted molar refractivity (Wildman–Crippen MR) is 111 cm³/mol. The number of rotatable bonds is 7. The third-order valence-electron chi connectivity index (χ3n) is 3.64. The molecule has 1 heterocycles. The van der Waals surface area contributed by atoms with Gasteiger partial charge in [-0.05, 0) is 24.3 Å². The number of ether oxygens (including phenoxy) is 1. The van der Waals surface area contributed by atoms with Gasteiger partial charge in [-0.1, -0.05) is 11.6 Å². The van der Waals surface area contributed by atoms with Crippen LogP contribution in [0.25, 0.3) is 0 Å². The lowest BCUT2D eigenvalue weighted by Gasteiger charge is -2.23. The minimum atomic E-state index is -0.355. The van der Waals surface area contributed by atoms with Gasteiger partial charge in [0.2, 0.25) is 5.91 Å². The Morgan fingerprint density at radius 3 is 2.65 bits per heavy atom. The SMILES string of the molecule is CN=C(NCCN1C(=O)CNC1=O)N(C)CCOc1ccc(Cl)cc1.I. The molecule has 0 radical (unpaired) electrons. The van der Waals surface area contributed by atoms with Crippen LogP contribution in [0.3, 0.4) is 0 Å². The van der Waals surface area contributed by atoms with Crippen LogP contribution in [0, 0.1) is 0 Å². The number of carbonyl (C=O) groups excluding carboxylic acids is 2. The molecule has 1 aromatic rings. The van der Waals surface area contributed by atoms with Crippen molar-refractivity contribution in [2.24, 2.45) is 4.99 Å². The zero-order chi connectivity index (χ0) is 18.2. The monoisotopic (exact) mass is 495 g/mol. The number of nitrogens with one attached hydrogen (secondary N) is 2. The molecule has 2 rings (SSSR count). The fraction of sp³-hybridized carbons (Fsp3) is 0.438. The van der Waals surface area contributed by atoms with Crippen LogP contribution < -0.4 is 15.4 Å². The Hall–Kier alpha value is -1.75. The quantitative estimate of drug-likeness (QED) is 0.258. The van der Waals surface area contributed by atoms with Gasteiger partial charge in [-0.25, -0.2) is 4.79 Å². The number of imide groups is 1. The third kappa shape index (κ3) is 6.52. The van der Waals surface area contributed by atoms with Crippen molar-refractivity contribution in [3.63, 3.8) is 0 Å². The van der Waals surface area contributed by atoms with E-state index in [4.69, 9.17) is 16.3 Å². The molecule has 1 fully saturated rings. The van der Waals surface area contributed by atoms with Crippen LogP contribution in [0.2, 0.25) is 5.02 Å². The molecule has 0 aromatic heterocycles. The maximum absolute atomic E-state index is 11.5. The average Bonchev–Trinajstić information content (AvgIpc) is 2.92. The summed E-state index contributed by atoms with van der Waals surface area (Å²) in [7, 11) is 3.56. The first kappa shape index (κ1) is 22.3.